The van der Waals surface area contributed by atoms with Gasteiger partial charge in [0.15, 0.2) is 6.61 Å². The van der Waals surface area contributed by atoms with Crippen molar-refractivity contribution in [1.29, 1.82) is 0 Å². The van der Waals surface area contributed by atoms with Gasteiger partial charge in [-0.3, -0.25) is 9.59 Å². The fourth-order valence-electron chi connectivity index (χ4n) is 1.46. The number of halogens is 2. The predicted molar refractivity (Wildman–Crippen MR) is 73.0 cm³/mol. The van der Waals surface area contributed by atoms with Gasteiger partial charge in [0.1, 0.15) is 18.1 Å². The van der Waals surface area contributed by atoms with Gasteiger partial charge in [0.2, 0.25) is 0 Å². The van der Waals surface area contributed by atoms with E-state index in [0.29, 0.717) is 0 Å². The molecule has 1 aromatic carbocycles. The highest BCUT2D eigenvalue weighted by atomic mass is 35.5. The van der Waals surface area contributed by atoms with Crippen molar-refractivity contribution < 1.29 is 28.6 Å². The van der Waals surface area contributed by atoms with E-state index >= 15 is 0 Å². The molecule has 0 fully saturated rings. The molecule has 0 bridgehead atoms. The lowest BCUT2D eigenvalue weighted by molar-refractivity contribution is -0.145. The molecule has 0 atom stereocenters. The first kappa shape index (κ1) is 17.2. The molecule has 1 aromatic rings. The van der Waals surface area contributed by atoms with Crippen LogP contribution in [0.5, 0.6) is 5.75 Å². The van der Waals surface area contributed by atoms with Gasteiger partial charge in [-0.2, -0.15) is 0 Å². The minimum absolute atomic E-state index is 0.123. The second-order valence-corrected chi connectivity index (χ2v) is 4.47. The normalized spacial score (nSPS) is 10.2. The number of hydrogen-bond acceptors (Lipinski definition) is 4. The van der Waals surface area contributed by atoms with Crippen molar-refractivity contribution in [3.8, 4) is 5.75 Å². The van der Waals surface area contributed by atoms with Crippen molar-refractivity contribution in [1.82, 2.24) is 4.90 Å². The standard InChI is InChI=1S/C13H15ClFNO5/c1-20-5-4-16(7-13(18)19)12(17)8-21-9-2-3-11(15)10(14)6-9/h2-3,6H,4-5,7-8H2,1H3,(H,18,19). The van der Waals surface area contributed by atoms with Gasteiger partial charge in [-0.25, -0.2) is 4.39 Å². The number of hydrogen-bond donors (Lipinski definition) is 1. The molecule has 6 nitrogen and oxygen atoms in total. The molecule has 1 amide bonds. The van der Waals surface area contributed by atoms with Gasteiger partial charge in [0.05, 0.1) is 11.6 Å². The second kappa shape index (κ2) is 8.43. The lowest BCUT2D eigenvalue weighted by atomic mass is 10.3. The summed E-state index contributed by atoms with van der Waals surface area (Å²) in [7, 11) is 1.44. The highest BCUT2D eigenvalue weighted by Crippen LogP contribution is 2.21. The molecule has 0 spiro atoms. The second-order valence-electron chi connectivity index (χ2n) is 4.07. The summed E-state index contributed by atoms with van der Waals surface area (Å²) in [6, 6.07) is 3.67. The van der Waals surface area contributed by atoms with Gasteiger partial charge in [-0.05, 0) is 12.1 Å². The Morgan fingerprint density at radius 3 is 2.71 bits per heavy atom. The molecular formula is C13H15ClFNO5. The molecule has 0 heterocycles. The van der Waals surface area contributed by atoms with E-state index in [9.17, 15) is 14.0 Å². The number of carbonyl (C=O) groups excluding carboxylic acids is 1. The number of benzene rings is 1. The predicted octanol–water partition coefficient (Wildman–Crippen LogP) is 1.42. The maximum absolute atomic E-state index is 13.0. The lowest BCUT2D eigenvalue weighted by Crippen LogP contribution is -2.40. The van der Waals surface area contributed by atoms with Crippen molar-refractivity contribution >= 4 is 23.5 Å². The minimum atomic E-state index is -1.13. The van der Waals surface area contributed by atoms with Gasteiger partial charge >= 0.3 is 5.97 Å². The topological polar surface area (TPSA) is 76.1 Å². The van der Waals surface area contributed by atoms with Crippen LogP contribution in [0, 0.1) is 5.82 Å². The molecule has 116 valence electrons. The maximum Gasteiger partial charge on any atom is 0.323 e. The first-order chi connectivity index (χ1) is 9.93. The van der Waals surface area contributed by atoms with Gasteiger partial charge in [0.25, 0.3) is 5.91 Å². The molecule has 0 saturated heterocycles. The molecule has 0 unspecified atom stereocenters. The highest BCUT2D eigenvalue weighted by molar-refractivity contribution is 6.30. The Labute approximate surface area is 126 Å². The Hall–Kier alpha value is -1.86. The molecule has 0 saturated carbocycles. The summed E-state index contributed by atoms with van der Waals surface area (Å²) in [6.45, 7) is -0.481. The van der Waals surface area contributed by atoms with E-state index in [4.69, 9.17) is 26.2 Å². The van der Waals surface area contributed by atoms with Gasteiger partial charge in [-0.1, -0.05) is 11.6 Å². The molecule has 0 radical (unpaired) electrons. The fourth-order valence-corrected chi connectivity index (χ4v) is 1.63. The molecule has 0 aromatic heterocycles. The molecular weight excluding hydrogens is 305 g/mol. The third kappa shape index (κ3) is 5.97. The van der Waals surface area contributed by atoms with Crippen LogP contribution in [0.2, 0.25) is 5.02 Å². The summed E-state index contributed by atoms with van der Waals surface area (Å²) >= 11 is 5.58. The quantitative estimate of drug-likeness (QED) is 0.784. The van der Waals surface area contributed by atoms with Crippen LogP contribution < -0.4 is 4.74 Å². The largest absolute Gasteiger partial charge is 0.484 e. The SMILES string of the molecule is COCCN(CC(=O)O)C(=O)COc1ccc(F)c(Cl)c1. The molecule has 1 N–H and O–H groups in total. The summed E-state index contributed by atoms with van der Waals surface area (Å²) in [6.07, 6.45) is 0. The van der Waals surface area contributed by atoms with Gasteiger partial charge < -0.3 is 19.5 Å². The molecule has 1 rings (SSSR count). The number of carboxylic acids is 1. The number of carbonyl (C=O) groups is 2. The number of amides is 1. The summed E-state index contributed by atoms with van der Waals surface area (Å²) < 4.78 is 22.9. The van der Waals surface area contributed by atoms with Crippen molar-refractivity contribution in [2.24, 2.45) is 0 Å². The minimum Gasteiger partial charge on any atom is -0.484 e. The van der Waals surface area contributed by atoms with Gasteiger partial charge in [0, 0.05) is 19.7 Å². The maximum atomic E-state index is 13.0. The summed E-state index contributed by atoms with van der Waals surface area (Å²) in [5, 5.41) is 8.63. The van der Waals surface area contributed by atoms with E-state index in [0.717, 1.165) is 11.0 Å². The highest BCUT2D eigenvalue weighted by Gasteiger charge is 2.17. The number of carboxylic acid groups (broad SMARTS) is 1. The van der Waals surface area contributed by atoms with Crippen molar-refractivity contribution in [3.63, 3.8) is 0 Å². The van der Waals surface area contributed by atoms with Crippen LogP contribution >= 0.6 is 11.6 Å². The first-order valence-corrected chi connectivity index (χ1v) is 6.38. The monoisotopic (exact) mass is 319 g/mol. The van der Waals surface area contributed by atoms with E-state index in [1.807, 2.05) is 0 Å². The third-order valence-electron chi connectivity index (χ3n) is 2.50. The van der Waals surface area contributed by atoms with Crippen LogP contribution in [0.3, 0.4) is 0 Å². The fraction of sp³-hybridized carbons (Fsp3) is 0.385. The first-order valence-electron chi connectivity index (χ1n) is 6.00. The summed E-state index contributed by atoms with van der Waals surface area (Å²) in [4.78, 5) is 23.7. The van der Waals surface area contributed by atoms with Crippen molar-refractivity contribution in [2.45, 2.75) is 0 Å². The molecule has 0 aliphatic rings. The van der Waals surface area contributed by atoms with Crippen molar-refractivity contribution in [3.05, 3.63) is 29.0 Å². The van der Waals surface area contributed by atoms with Crippen LogP contribution in [0.25, 0.3) is 0 Å². The smallest absolute Gasteiger partial charge is 0.323 e. The van der Waals surface area contributed by atoms with E-state index in [2.05, 4.69) is 0 Å². The zero-order chi connectivity index (χ0) is 15.8. The van der Waals surface area contributed by atoms with Crippen molar-refractivity contribution in [2.75, 3.05) is 33.4 Å². The Balaban J connectivity index is 2.59. The Morgan fingerprint density at radius 2 is 2.14 bits per heavy atom. The Bertz CT molecular complexity index is 511. The number of rotatable bonds is 8. The Morgan fingerprint density at radius 1 is 1.43 bits per heavy atom. The van der Waals surface area contributed by atoms with E-state index in [1.165, 1.54) is 19.2 Å². The van der Waals surface area contributed by atoms with Crippen LogP contribution in [0.4, 0.5) is 4.39 Å². The van der Waals surface area contributed by atoms with E-state index in [-0.39, 0.29) is 30.5 Å². The summed E-state index contributed by atoms with van der Waals surface area (Å²) in [5.74, 6) is -2.03. The van der Waals surface area contributed by atoms with Crippen LogP contribution in [0.1, 0.15) is 0 Å². The number of methoxy groups -OCH3 is 1. The number of aliphatic carboxylic acids is 1. The van der Waals surface area contributed by atoms with Crippen LogP contribution in [-0.2, 0) is 14.3 Å². The molecule has 21 heavy (non-hydrogen) atoms. The third-order valence-corrected chi connectivity index (χ3v) is 2.79. The zero-order valence-corrected chi connectivity index (χ0v) is 12.1. The molecule has 8 heteroatoms. The summed E-state index contributed by atoms with van der Waals surface area (Å²) in [5.41, 5.74) is 0. The Kier molecular flexibility index (Phi) is 6.90. The lowest BCUT2D eigenvalue weighted by Gasteiger charge is -2.20. The zero-order valence-electron chi connectivity index (χ0n) is 11.3. The average Bonchev–Trinajstić information content (AvgIpc) is 2.44. The molecule has 0 aliphatic carbocycles. The number of nitrogens with zero attached hydrogens (tertiary/aromatic N) is 1. The van der Waals surface area contributed by atoms with Crippen LogP contribution in [-0.4, -0.2) is 55.3 Å². The van der Waals surface area contributed by atoms with E-state index < -0.39 is 24.2 Å². The average molecular weight is 320 g/mol. The van der Waals surface area contributed by atoms with Gasteiger partial charge in [-0.15, -0.1) is 0 Å². The van der Waals surface area contributed by atoms with Crippen LogP contribution in [0.15, 0.2) is 18.2 Å². The van der Waals surface area contributed by atoms with E-state index in [1.54, 1.807) is 0 Å². The number of ether oxygens (including phenoxy) is 2. The molecule has 0 aliphatic heterocycles.